The van der Waals surface area contributed by atoms with E-state index >= 15 is 0 Å². The number of carbonyl (C=O) groups is 1. The number of methoxy groups -OCH3 is 1. The largest absolute Gasteiger partial charge is 0.490 e. The minimum Gasteiger partial charge on any atom is -0.481 e. The molecule has 2 saturated heterocycles. The molecule has 11 heteroatoms. The van der Waals surface area contributed by atoms with E-state index < -0.39 is 12.1 Å². The molecule has 2 fully saturated rings. The molecule has 0 aliphatic carbocycles. The maximum atomic E-state index is 10.6. The molecule has 0 spiro atoms. The number of halogens is 3. The zero-order chi connectivity index (χ0) is 23.3. The predicted molar refractivity (Wildman–Crippen MR) is 110 cm³/mol. The maximum absolute atomic E-state index is 10.6. The molecule has 1 N–H and O–H groups in total. The molecule has 2 aliphatic heterocycles. The molecule has 2 aromatic rings. The molecule has 4 heterocycles. The molecule has 0 unspecified atom stereocenters. The molecular formula is C21H26F3N5O3. The average Bonchev–Trinajstić information content (AvgIpc) is 3.16. The Morgan fingerprint density at radius 1 is 1.19 bits per heavy atom. The van der Waals surface area contributed by atoms with Crippen LogP contribution in [0.15, 0.2) is 30.5 Å². The van der Waals surface area contributed by atoms with E-state index in [1.54, 1.807) is 13.3 Å². The summed E-state index contributed by atoms with van der Waals surface area (Å²) < 4.78 is 37.1. The molecule has 2 atom stereocenters. The smallest absolute Gasteiger partial charge is 0.481 e. The van der Waals surface area contributed by atoms with Crippen LogP contribution in [0.5, 0.6) is 5.88 Å². The second-order valence-electron chi connectivity index (χ2n) is 7.96. The number of fused-ring (bicyclic) bond motifs is 1. The van der Waals surface area contributed by atoms with Gasteiger partial charge in [0.1, 0.15) is 0 Å². The van der Waals surface area contributed by atoms with E-state index in [1.807, 2.05) is 19.1 Å². The van der Waals surface area contributed by atoms with Crippen LogP contribution < -0.4 is 9.64 Å². The number of carboxylic acid groups (broad SMARTS) is 1. The third kappa shape index (κ3) is 6.06. The van der Waals surface area contributed by atoms with Gasteiger partial charge in [-0.05, 0) is 43.4 Å². The van der Waals surface area contributed by atoms with Crippen LogP contribution in [0, 0.1) is 18.8 Å². The first-order valence-corrected chi connectivity index (χ1v) is 10.2. The van der Waals surface area contributed by atoms with Gasteiger partial charge in [0.25, 0.3) is 0 Å². The fourth-order valence-electron chi connectivity index (χ4n) is 4.13. The molecule has 2 aromatic heterocycles. The van der Waals surface area contributed by atoms with Gasteiger partial charge in [0.15, 0.2) is 5.82 Å². The molecule has 4 rings (SSSR count). The van der Waals surface area contributed by atoms with Crippen LogP contribution in [0.2, 0.25) is 0 Å². The number of nitrogens with zero attached hydrogens (tertiary/aromatic N) is 5. The highest BCUT2D eigenvalue weighted by molar-refractivity contribution is 5.73. The molecule has 0 saturated carbocycles. The van der Waals surface area contributed by atoms with Crippen LogP contribution in [0.4, 0.5) is 19.0 Å². The van der Waals surface area contributed by atoms with Crippen molar-refractivity contribution in [2.24, 2.45) is 11.8 Å². The van der Waals surface area contributed by atoms with Crippen molar-refractivity contribution in [2.45, 2.75) is 26.1 Å². The highest BCUT2D eigenvalue weighted by atomic mass is 19.4. The second kappa shape index (κ2) is 10.1. The van der Waals surface area contributed by atoms with Crippen molar-refractivity contribution >= 4 is 11.8 Å². The fourth-order valence-corrected chi connectivity index (χ4v) is 4.13. The maximum Gasteiger partial charge on any atom is 0.490 e. The summed E-state index contributed by atoms with van der Waals surface area (Å²) in [5.74, 6) is 0.467. The Bertz CT molecular complexity index is 910. The lowest BCUT2D eigenvalue weighted by molar-refractivity contribution is -0.192. The summed E-state index contributed by atoms with van der Waals surface area (Å²) in [4.78, 5) is 18.1. The van der Waals surface area contributed by atoms with Crippen molar-refractivity contribution in [3.8, 4) is 5.88 Å². The van der Waals surface area contributed by atoms with E-state index in [-0.39, 0.29) is 0 Å². The molecule has 0 radical (unpaired) electrons. The third-order valence-electron chi connectivity index (χ3n) is 5.66. The third-order valence-corrected chi connectivity index (χ3v) is 5.66. The molecule has 0 bridgehead atoms. The summed E-state index contributed by atoms with van der Waals surface area (Å²) in [7, 11) is 1.69. The number of hydrogen-bond acceptors (Lipinski definition) is 7. The summed E-state index contributed by atoms with van der Waals surface area (Å²) in [6.07, 6.45) is -2.08. The van der Waals surface area contributed by atoms with Gasteiger partial charge in [0, 0.05) is 44.5 Å². The first-order valence-electron chi connectivity index (χ1n) is 10.2. The lowest BCUT2D eigenvalue weighted by Crippen LogP contribution is -2.40. The summed E-state index contributed by atoms with van der Waals surface area (Å²) >= 11 is 0. The number of pyridine rings is 1. The zero-order valence-electron chi connectivity index (χ0n) is 17.9. The van der Waals surface area contributed by atoms with Crippen molar-refractivity contribution < 1.29 is 27.8 Å². The topological polar surface area (TPSA) is 91.7 Å². The van der Waals surface area contributed by atoms with Crippen LogP contribution in [0.1, 0.15) is 17.7 Å². The number of aryl methyl sites for hydroxylation is 1. The Kier molecular flexibility index (Phi) is 7.49. The first-order chi connectivity index (χ1) is 15.2. The number of hydrogen-bond donors (Lipinski definition) is 1. The average molecular weight is 453 g/mol. The highest BCUT2D eigenvalue weighted by Gasteiger charge is 2.38. The minimum atomic E-state index is -5.08. The number of anilines is 1. The van der Waals surface area contributed by atoms with Gasteiger partial charge in [-0.1, -0.05) is 6.07 Å². The monoisotopic (exact) mass is 453 g/mol. The summed E-state index contributed by atoms with van der Waals surface area (Å²) in [6, 6.07) is 8.24. The Morgan fingerprint density at radius 2 is 1.91 bits per heavy atom. The Hall–Kier alpha value is -2.95. The highest BCUT2D eigenvalue weighted by Crippen LogP contribution is 2.34. The Balaban J connectivity index is 0.000000360. The number of carboxylic acids is 1. The molecule has 8 nitrogen and oxygen atoms in total. The Morgan fingerprint density at radius 3 is 2.53 bits per heavy atom. The lowest BCUT2D eigenvalue weighted by atomic mass is 9.89. The van der Waals surface area contributed by atoms with Gasteiger partial charge in [-0.3, -0.25) is 4.90 Å². The van der Waals surface area contributed by atoms with E-state index in [0.29, 0.717) is 5.92 Å². The second-order valence-corrected chi connectivity index (χ2v) is 7.96. The van der Waals surface area contributed by atoms with Crippen LogP contribution in [0.3, 0.4) is 0 Å². The van der Waals surface area contributed by atoms with Gasteiger partial charge >= 0.3 is 12.1 Å². The number of aliphatic carboxylic acids is 1. The Labute approximate surface area is 184 Å². The number of aromatic nitrogens is 3. The van der Waals surface area contributed by atoms with Crippen LogP contribution in [-0.2, 0) is 11.3 Å². The molecule has 0 aromatic carbocycles. The van der Waals surface area contributed by atoms with Crippen molar-refractivity contribution in [1.29, 1.82) is 0 Å². The SMILES string of the molecule is COc1ncccc1CN1C[C@H]2CCN(c3ccc(C)nn3)C[C@H]2C1.O=C(O)C(F)(F)F. The van der Waals surface area contributed by atoms with E-state index in [9.17, 15) is 13.2 Å². The van der Waals surface area contributed by atoms with E-state index in [1.165, 1.54) is 12.0 Å². The van der Waals surface area contributed by atoms with Crippen molar-refractivity contribution in [3.05, 3.63) is 41.7 Å². The molecule has 2 aliphatic rings. The molecular weight excluding hydrogens is 427 g/mol. The van der Waals surface area contributed by atoms with Gasteiger partial charge < -0.3 is 14.7 Å². The van der Waals surface area contributed by atoms with Crippen LogP contribution in [-0.4, -0.2) is 70.6 Å². The fraction of sp³-hybridized carbons (Fsp3) is 0.524. The van der Waals surface area contributed by atoms with Crippen LogP contribution in [0.25, 0.3) is 0 Å². The lowest BCUT2D eigenvalue weighted by Gasteiger charge is -2.34. The van der Waals surface area contributed by atoms with Crippen molar-refractivity contribution in [2.75, 3.05) is 38.2 Å². The van der Waals surface area contributed by atoms with Gasteiger partial charge in [-0.25, -0.2) is 9.78 Å². The predicted octanol–water partition coefficient (Wildman–Crippen LogP) is 2.78. The number of ether oxygens (including phenoxy) is 1. The first kappa shape index (κ1) is 23.7. The quantitative estimate of drug-likeness (QED) is 0.756. The minimum absolute atomic E-state index is 0.694. The van der Waals surface area contributed by atoms with E-state index in [0.717, 1.165) is 56.0 Å². The van der Waals surface area contributed by atoms with Gasteiger partial charge in [-0.2, -0.15) is 18.3 Å². The summed E-state index contributed by atoms with van der Waals surface area (Å²) in [6.45, 7) is 7.32. The zero-order valence-corrected chi connectivity index (χ0v) is 17.9. The van der Waals surface area contributed by atoms with Gasteiger partial charge in [0.05, 0.1) is 12.8 Å². The number of likely N-dealkylation sites (tertiary alicyclic amines) is 1. The van der Waals surface area contributed by atoms with E-state index in [4.69, 9.17) is 14.6 Å². The number of rotatable bonds is 4. The van der Waals surface area contributed by atoms with Crippen molar-refractivity contribution in [3.63, 3.8) is 0 Å². The van der Waals surface area contributed by atoms with Gasteiger partial charge in [-0.15, -0.1) is 5.10 Å². The molecule has 174 valence electrons. The van der Waals surface area contributed by atoms with Crippen LogP contribution >= 0.6 is 0 Å². The number of alkyl halides is 3. The summed E-state index contributed by atoms with van der Waals surface area (Å²) in [5, 5.41) is 15.7. The van der Waals surface area contributed by atoms with Crippen molar-refractivity contribution in [1.82, 2.24) is 20.1 Å². The number of piperidine rings is 1. The van der Waals surface area contributed by atoms with E-state index in [2.05, 4.69) is 37.1 Å². The summed E-state index contributed by atoms with van der Waals surface area (Å²) in [5.41, 5.74) is 2.14. The van der Waals surface area contributed by atoms with Gasteiger partial charge in [0.2, 0.25) is 5.88 Å². The normalized spacial score (nSPS) is 20.8. The molecule has 32 heavy (non-hydrogen) atoms. The molecule has 0 amide bonds. The standard InChI is InChI=1S/C19H25N5O.C2HF3O2/c1-14-5-6-18(22-21-14)24-9-7-15-10-23(12-17(15)13-24)11-16-4-3-8-20-19(16)25-2;3-2(4,5)1(6)7/h3-6,8,15,17H,7,9-13H2,1-2H3;(H,6,7)/t15-,17-;/m1./s1.